The topological polar surface area (TPSA) is 18.5 Å². The number of hydrogen-bond donors (Lipinski definition) is 0. The zero-order chi connectivity index (χ0) is 23.7. The summed E-state index contributed by atoms with van der Waals surface area (Å²) in [5.74, 6) is 4.39. The molecule has 1 aliphatic rings. The molecule has 1 saturated carbocycles. The second kappa shape index (κ2) is 14.0. The van der Waals surface area contributed by atoms with Gasteiger partial charge in [0.25, 0.3) is 0 Å². The second-order valence-corrected chi connectivity index (χ2v) is 13.6. The molecular weight excluding hydrogens is 448 g/mol. The van der Waals surface area contributed by atoms with E-state index in [0.29, 0.717) is 17.8 Å². The predicted octanol–water partition coefficient (Wildman–Crippen LogP) is 8.76. The number of ether oxygens (including phenoxy) is 2. The summed E-state index contributed by atoms with van der Waals surface area (Å²) in [5, 5.41) is 0. The van der Waals surface area contributed by atoms with Crippen LogP contribution in [-0.2, 0) is 9.47 Å². The van der Waals surface area contributed by atoms with Crippen LogP contribution < -0.4 is 0 Å². The van der Waals surface area contributed by atoms with Gasteiger partial charge in [-0.05, 0) is 87.9 Å². The molecule has 186 valence electrons. The van der Waals surface area contributed by atoms with E-state index in [1.165, 1.54) is 44.9 Å². The lowest BCUT2D eigenvalue weighted by molar-refractivity contribution is -0.0958. The van der Waals surface area contributed by atoms with Gasteiger partial charge in [0.2, 0.25) is 0 Å². The van der Waals surface area contributed by atoms with Crippen molar-refractivity contribution in [1.29, 1.82) is 0 Å². The maximum Gasteiger partial charge on any atom is 0.0547 e. The fourth-order valence-corrected chi connectivity index (χ4v) is 7.82. The molecule has 1 fully saturated rings. The van der Waals surface area contributed by atoms with Crippen LogP contribution >= 0.6 is 15.9 Å². The van der Waals surface area contributed by atoms with Crippen LogP contribution in [0.4, 0.5) is 0 Å². The molecule has 3 unspecified atom stereocenters. The van der Waals surface area contributed by atoms with Gasteiger partial charge in [-0.3, -0.25) is 0 Å². The molecule has 0 bridgehead atoms. The Balaban J connectivity index is 3.28. The van der Waals surface area contributed by atoms with E-state index in [0.717, 1.165) is 44.2 Å². The lowest BCUT2D eigenvalue weighted by Gasteiger charge is -2.50. The first kappa shape index (κ1) is 29.4. The molecule has 0 aromatic heterocycles. The van der Waals surface area contributed by atoms with Crippen molar-refractivity contribution in [3.63, 3.8) is 0 Å². The van der Waals surface area contributed by atoms with E-state index < -0.39 is 0 Å². The maximum absolute atomic E-state index is 6.24. The normalized spacial score (nSPS) is 23.3. The molecule has 0 amide bonds. The highest BCUT2D eigenvalue weighted by Gasteiger charge is 2.47. The van der Waals surface area contributed by atoms with Crippen molar-refractivity contribution >= 4 is 15.9 Å². The lowest BCUT2D eigenvalue weighted by atomic mass is 9.57. The van der Waals surface area contributed by atoms with Crippen molar-refractivity contribution < 1.29 is 9.47 Å². The summed E-state index contributed by atoms with van der Waals surface area (Å²) in [6.07, 6.45) is 8.94. The Bertz CT molecular complexity index is 456. The first-order chi connectivity index (χ1) is 14.5. The van der Waals surface area contributed by atoms with E-state index in [2.05, 4.69) is 78.2 Å². The summed E-state index contributed by atoms with van der Waals surface area (Å²) in [5.41, 5.74) is 0.114. The van der Waals surface area contributed by atoms with E-state index >= 15 is 0 Å². The summed E-state index contributed by atoms with van der Waals surface area (Å²) < 4.78 is 12.7. The Morgan fingerprint density at radius 2 is 1.35 bits per heavy atom. The highest BCUT2D eigenvalue weighted by Crippen LogP contribution is 2.51. The SMILES string of the molecule is CCOCC(CCC(Br)(CC(C)C)CC(C)C)(COCC)C1CC(C)CCC1C(C)C. The van der Waals surface area contributed by atoms with Crippen molar-refractivity contribution in [2.24, 2.45) is 40.9 Å². The summed E-state index contributed by atoms with van der Waals surface area (Å²) >= 11 is 4.27. The minimum absolute atomic E-state index is 0.114. The van der Waals surface area contributed by atoms with E-state index in [1.807, 2.05) is 0 Å². The molecule has 0 aromatic rings. The van der Waals surface area contributed by atoms with Crippen molar-refractivity contribution in [3.05, 3.63) is 0 Å². The molecule has 0 spiro atoms. The molecule has 0 N–H and O–H groups in total. The molecule has 0 aromatic carbocycles. The third-order valence-electron chi connectivity index (χ3n) is 7.62. The Kier molecular flexibility index (Phi) is 13.2. The van der Waals surface area contributed by atoms with Gasteiger partial charge in [0.05, 0.1) is 13.2 Å². The molecule has 0 aliphatic heterocycles. The first-order valence-corrected chi connectivity index (χ1v) is 14.1. The third kappa shape index (κ3) is 9.65. The Labute approximate surface area is 204 Å². The summed E-state index contributed by atoms with van der Waals surface area (Å²) in [6.45, 7) is 24.3. The molecule has 2 nitrogen and oxygen atoms in total. The van der Waals surface area contributed by atoms with Crippen LogP contribution in [0.1, 0.15) is 107 Å². The van der Waals surface area contributed by atoms with Gasteiger partial charge in [0, 0.05) is 23.0 Å². The summed E-state index contributed by atoms with van der Waals surface area (Å²) in [7, 11) is 0. The Morgan fingerprint density at radius 1 is 0.839 bits per heavy atom. The molecule has 0 radical (unpaired) electrons. The monoisotopic (exact) mass is 502 g/mol. The van der Waals surface area contributed by atoms with Crippen LogP contribution in [0.3, 0.4) is 0 Å². The van der Waals surface area contributed by atoms with Gasteiger partial charge in [0.15, 0.2) is 0 Å². The maximum atomic E-state index is 6.24. The number of alkyl halides is 1. The van der Waals surface area contributed by atoms with E-state index in [1.54, 1.807) is 0 Å². The average Bonchev–Trinajstić information content (AvgIpc) is 2.66. The van der Waals surface area contributed by atoms with Gasteiger partial charge in [0.1, 0.15) is 0 Å². The zero-order valence-electron chi connectivity index (χ0n) is 22.4. The van der Waals surface area contributed by atoms with Gasteiger partial charge in [-0.15, -0.1) is 0 Å². The predicted molar refractivity (Wildman–Crippen MR) is 140 cm³/mol. The average molecular weight is 504 g/mol. The second-order valence-electron chi connectivity index (χ2n) is 11.9. The van der Waals surface area contributed by atoms with E-state index in [9.17, 15) is 0 Å². The molecule has 1 rings (SSSR count). The van der Waals surface area contributed by atoms with Crippen LogP contribution in [0, 0.1) is 40.9 Å². The van der Waals surface area contributed by atoms with Crippen LogP contribution in [0.5, 0.6) is 0 Å². The number of hydrogen-bond acceptors (Lipinski definition) is 2. The van der Waals surface area contributed by atoms with Crippen LogP contribution in [0.25, 0.3) is 0 Å². The largest absolute Gasteiger partial charge is 0.381 e. The van der Waals surface area contributed by atoms with E-state index in [4.69, 9.17) is 9.47 Å². The van der Waals surface area contributed by atoms with Crippen LogP contribution in [0.15, 0.2) is 0 Å². The van der Waals surface area contributed by atoms with Gasteiger partial charge < -0.3 is 9.47 Å². The van der Waals surface area contributed by atoms with Crippen molar-refractivity contribution in [2.75, 3.05) is 26.4 Å². The summed E-state index contributed by atoms with van der Waals surface area (Å²) in [4.78, 5) is 0. The van der Waals surface area contributed by atoms with Crippen LogP contribution in [-0.4, -0.2) is 30.8 Å². The minimum atomic E-state index is 0.114. The van der Waals surface area contributed by atoms with Gasteiger partial charge in [-0.2, -0.15) is 0 Å². The van der Waals surface area contributed by atoms with Crippen molar-refractivity contribution in [1.82, 2.24) is 0 Å². The fourth-order valence-electron chi connectivity index (χ4n) is 6.33. The van der Waals surface area contributed by atoms with Gasteiger partial charge in [-0.1, -0.05) is 70.8 Å². The quantitative estimate of drug-likeness (QED) is 0.208. The number of halogens is 1. The highest BCUT2D eigenvalue weighted by atomic mass is 79.9. The lowest BCUT2D eigenvalue weighted by Crippen LogP contribution is -2.48. The van der Waals surface area contributed by atoms with Crippen LogP contribution in [0.2, 0.25) is 0 Å². The van der Waals surface area contributed by atoms with Crippen molar-refractivity contribution in [2.45, 2.75) is 112 Å². The van der Waals surface area contributed by atoms with E-state index in [-0.39, 0.29) is 9.74 Å². The van der Waals surface area contributed by atoms with Crippen molar-refractivity contribution in [3.8, 4) is 0 Å². The highest BCUT2D eigenvalue weighted by molar-refractivity contribution is 9.10. The first-order valence-electron chi connectivity index (χ1n) is 13.3. The Hall–Kier alpha value is 0.400. The molecule has 3 heteroatoms. The summed E-state index contributed by atoms with van der Waals surface area (Å²) in [6, 6.07) is 0. The molecule has 3 atom stereocenters. The zero-order valence-corrected chi connectivity index (χ0v) is 24.0. The number of rotatable bonds is 15. The molecule has 1 aliphatic carbocycles. The molecular formula is C28H55BrO2. The Morgan fingerprint density at radius 3 is 1.77 bits per heavy atom. The van der Waals surface area contributed by atoms with Gasteiger partial charge in [-0.25, -0.2) is 0 Å². The molecule has 0 saturated heterocycles. The fraction of sp³-hybridized carbons (Fsp3) is 1.00. The third-order valence-corrected chi connectivity index (χ3v) is 8.66. The standard InChI is InChI=1S/C28H55BrO2/c1-10-30-19-27(20-31-11-2,26-16-24(9)12-13-25(26)23(7)8)14-15-28(29,17-21(3)4)18-22(5)6/h21-26H,10-20H2,1-9H3. The van der Waals surface area contributed by atoms with Gasteiger partial charge >= 0.3 is 0 Å². The smallest absolute Gasteiger partial charge is 0.0547 e. The minimum Gasteiger partial charge on any atom is -0.381 e. The molecule has 31 heavy (non-hydrogen) atoms. The molecule has 0 heterocycles.